The number of halogens is 4. The van der Waals surface area contributed by atoms with E-state index in [1.807, 2.05) is 10.7 Å². The van der Waals surface area contributed by atoms with Crippen LogP contribution in [0.4, 0.5) is 18.9 Å². The Hall–Kier alpha value is -3.07. The summed E-state index contributed by atoms with van der Waals surface area (Å²) < 4.78 is 38.3. The second-order valence-corrected chi connectivity index (χ2v) is 5.34. The van der Waals surface area contributed by atoms with E-state index in [2.05, 4.69) is 5.10 Å². The van der Waals surface area contributed by atoms with Crippen LogP contribution in [0.3, 0.4) is 0 Å². The Labute approximate surface area is 150 Å². The minimum Gasteiger partial charge on any atom is -0.508 e. The highest BCUT2D eigenvalue weighted by Crippen LogP contribution is 2.36. The Kier molecular flexibility index (Phi) is 5.83. The van der Waals surface area contributed by atoms with Crippen molar-refractivity contribution >= 4 is 35.3 Å². The fraction of sp³-hybridized carbons (Fsp3) is 0.0625. The van der Waals surface area contributed by atoms with Gasteiger partial charge in [-0.2, -0.15) is 18.3 Å². The lowest BCUT2D eigenvalue weighted by Gasteiger charge is -2.11. The molecule has 3 N–H and O–H groups in total. The van der Waals surface area contributed by atoms with Crippen molar-refractivity contribution in [3.05, 3.63) is 58.6 Å². The van der Waals surface area contributed by atoms with Crippen LogP contribution in [0.1, 0.15) is 11.1 Å². The normalized spacial score (nSPS) is 11.4. The lowest BCUT2D eigenvalue weighted by molar-refractivity contribution is -0.137. The number of phenolic OH excluding ortho intramolecular Hbond substituents is 1. The molecule has 0 spiro atoms. The molecule has 0 aliphatic heterocycles. The summed E-state index contributed by atoms with van der Waals surface area (Å²) in [7, 11) is 0. The zero-order valence-corrected chi connectivity index (χ0v) is 13.6. The summed E-state index contributed by atoms with van der Waals surface area (Å²) in [6, 6.07) is 8.52. The van der Waals surface area contributed by atoms with Gasteiger partial charge in [-0.3, -0.25) is 9.59 Å². The van der Waals surface area contributed by atoms with Gasteiger partial charge in [0.1, 0.15) is 5.75 Å². The number of nitrogens with zero attached hydrogens (tertiary/aromatic N) is 1. The zero-order chi connectivity index (χ0) is 19.3. The SMILES string of the molecule is O=C(N/N=C\c1ccc(O)cc1)C(=O)Nc1ccc(Cl)c(C(F)(F)F)c1. The van der Waals surface area contributed by atoms with E-state index >= 15 is 0 Å². The van der Waals surface area contributed by atoms with E-state index in [0.29, 0.717) is 11.6 Å². The molecule has 136 valence electrons. The van der Waals surface area contributed by atoms with Crippen LogP contribution in [0.5, 0.6) is 5.75 Å². The van der Waals surface area contributed by atoms with E-state index in [1.54, 1.807) is 0 Å². The van der Waals surface area contributed by atoms with Crippen LogP contribution in [0.15, 0.2) is 47.6 Å². The maximum Gasteiger partial charge on any atom is 0.417 e. The first-order chi connectivity index (χ1) is 12.2. The van der Waals surface area contributed by atoms with Gasteiger partial charge in [0.25, 0.3) is 0 Å². The summed E-state index contributed by atoms with van der Waals surface area (Å²) in [5, 5.41) is 14.2. The Balaban J connectivity index is 1.99. The molecule has 0 saturated carbocycles. The third-order valence-corrected chi connectivity index (χ3v) is 3.34. The lowest BCUT2D eigenvalue weighted by atomic mass is 10.2. The summed E-state index contributed by atoms with van der Waals surface area (Å²) >= 11 is 5.47. The zero-order valence-electron chi connectivity index (χ0n) is 12.8. The molecule has 10 heteroatoms. The van der Waals surface area contributed by atoms with Crippen molar-refractivity contribution in [2.45, 2.75) is 6.18 Å². The number of anilines is 1. The number of hydrogen-bond donors (Lipinski definition) is 3. The Morgan fingerprint density at radius 2 is 1.73 bits per heavy atom. The highest BCUT2D eigenvalue weighted by atomic mass is 35.5. The predicted octanol–water partition coefficient (Wildman–Crippen LogP) is 3.15. The molecule has 2 aromatic rings. The van der Waals surface area contributed by atoms with Crippen LogP contribution >= 0.6 is 11.6 Å². The molecular weight excluding hydrogens is 375 g/mol. The van der Waals surface area contributed by atoms with Gasteiger partial charge in [-0.1, -0.05) is 11.6 Å². The average Bonchev–Trinajstić information content (AvgIpc) is 2.57. The largest absolute Gasteiger partial charge is 0.508 e. The Morgan fingerprint density at radius 3 is 2.35 bits per heavy atom. The van der Waals surface area contributed by atoms with E-state index in [1.165, 1.54) is 30.5 Å². The molecule has 0 unspecified atom stereocenters. The summed E-state index contributed by atoms with van der Waals surface area (Å²) in [6.07, 6.45) is -3.48. The van der Waals surface area contributed by atoms with Crippen LogP contribution in [-0.2, 0) is 15.8 Å². The van der Waals surface area contributed by atoms with Gasteiger partial charge in [0.2, 0.25) is 0 Å². The van der Waals surface area contributed by atoms with Crippen LogP contribution in [0, 0.1) is 0 Å². The number of aromatic hydroxyl groups is 1. The summed E-state index contributed by atoms with van der Waals surface area (Å²) in [6.45, 7) is 0. The summed E-state index contributed by atoms with van der Waals surface area (Å²) in [5.74, 6) is -2.33. The van der Waals surface area contributed by atoms with Crippen LogP contribution in [0.2, 0.25) is 5.02 Å². The maximum atomic E-state index is 12.8. The molecule has 2 rings (SSSR count). The van der Waals surface area contributed by atoms with E-state index in [9.17, 15) is 22.8 Å². The van der Waals surface area contributed by atoms with E-state index in [0.717, 1.165) is 12.1 Å². The van der Waals surface area contributed by atoms with Crippen molar-refractivity contribution in [3.8, 4) is 5.75 Å². The number of rotatable bonds is 3. The molecule has 26 heavy (non-hydrogen) atoms. The maximum absolute atomic E-state index is 12.8. The molecule has 0 saturated heterocycles. The van der Waals surface area contributed by atoms with Crippen molar-refractivity contribution in [3.63, 3.8) is 0 Å². The van der Waals surface area contributed by atoms with Crippen molar-refractivity contribution in [2.24, 2.45) is 5.10 Å². The highest BCUT2D eigenvalue weighted by Gasteiger charge is 2.33. The molecule has 0 aromatic heterocycles. The highest BCUT2D eigenvalue weighted by molar-refractivity contribution is 6.39. The lowest BCUT2D eigenvalue weighted by Crippen LogP contribution is -2.32. The van der Waals surface area contributed by atoms with E-state index in [-0.39, 0.29) is 11.4 Å². The summed E-state index contributed by atoms with van der Waals surface area (Å²) in [5.41, 5.74) is 1.09. The Bertz CT molecular complexity index is 852. The second kappa shape index (κ2) is 7.87. The molecule has 0 aliphatic carbocycles. The summed E-state index contributed by atoms with van der Waals surface area (Å²) in [4.78, 5) is 23.3. The van der Waals surface area contributed by atoms with Crippen molar-refractivity contribution in [1.82, 2.24) is 5.43 Å². The predicted molar refractivity (Wildman–Crippen MR) is 88.9 cm³/mol. The fourth-order valence-electron chi connectivity index (χ4n) is 1.78. The van der Waals surface area contributed by atoms with Crippen LogP contribution < -0.4 is 10.7 Å². The molecule has 2 amide bonds. The van der Waals surface area contributed by atoms with E-state index < -0.39 is 28.6 Å². The molecule has 2 aromatic carbocycles. The Morgan fingerprint density at radius 1 is 1.08 bits per heavy atom. The van der Waals surface area contributed by atoms with Gasteiger partial charge in [-0.15, -0.1) is 0 Å². The molecule has 0 fully saturated rings. The molecule has 0 radical (unpaired) electrons. The van der Waals surface area contributed by atoms with E-state index in [4.69, 9.17) is 16.7 Å². The second-order valence-electron chi connectivity index (χ2n) is 4.94. The van der Waals surface area contributed by atoms with Crippen molar-refractivity contribution < 1.29 is 27.9 Å². The minimum atomic E-state index is -4.70. The fourth-order valence-corrected chi connectivity index (χ4v) is 2.01. The molecular formula is C16H11ClF3N3O3. The third kappa shape index (κ3) is 5.21. The van der Waals surface area contributed by atoms with Gasteiger partial charge in [0.05, 0.1) is 16.8 Å². The first-order valence-electron chi connectivity index (χ1n) is 6.97. The molecule has 0 aliphatic rings. The molecule has 0 atom stereocenters. The topological polar surface area (TPSA) is 90.8 Å². The number of amides is 2. The number of phenols is 1. The third-order valence-electron chi connectivity index (χ3n) is 3.01. The first kappa shape index (κ1) is 19.3. The quantitative estimate of drug-likeness (QED) is 0.430. The molecule has 0 heterocycles. The monoisotopic (exact) mass is 385 g/mol. The van der Waals surface area contributed by atoms with Gasteiger partial charge in [0.15, 0.2) is 0 Å². The number of carbonyl (C=O) groups excluding carboxylic acids is 2. The van der Waals surface area contributed by atoms with Gasteiger partial charge in [-0.25, -0.2) is 5.43 Å². The average molecular weight is 386 g/mol. The van der Waals surface area contributed by atoms with Gasteiger partial charge >= 0.3 is 18.0 Å². The van der Waals surface area contributed by atoms with Crippen molar-refractivity contribution in [1.29, 1.82) is 0 Å². The smallest absolute Gasteiger partial charge is 0.417 e. The van der Waals surface area contributed by atoms with Crippen LogP contribution in [-0.4, -0.2) is 23.1 Å². The number of hydrazone groups is 1. The van der Waals surface area contributed by atoms with Crippen LogP contribution in [0.25, 0.3) is 0 Å². The van der Waals surface area contributed by atoms with Gasteiger partial charge in [-0.05, 0) is 48.0 Å². The number of nitrogens with one attached hydrogen (secondary N) is 2. The van der Waals surface area contributed by atoms with Gasteiger partial charge < -0.3 is 10.4 Å². The molecule has 0 bridgehead atoms. The number of hydrogen-bond acceptors (Lipinski definition) is 4. The number of benzene rings is 2. The van der Waals surface area contributed by atoms with Crippen molar-refractivity contribution in [2.75, 3.05) is 5.32 Å². The first-order valence-corrected chi connectivity index (χ1v) is 7.35. The molecule has 6 nitrogen and oxygen atoms in total. The van der Waals surface area contributed by atoms with Gasteiger partial charge in [0, 0.05) is 5.69 Å². The standard InChI is InChI=1S/C16H11ClF3N3O3/c17-13-6-3-10(7-12(13)16(18,19)20)22-14(25)15(26)23-21-8-9-1-4-11(24)5-2-9/h1-8,24H,(H,22,25)(H,23,26)/b21-8-. The minimum absolute atomic E-state index is 0.0479. The number of carbonyl (C=O) groups is 2. The number of alkyl halides is 3.